The van der Waals surface area contributed by atoms with E-state index in [-0.39, 0.29) is 27.6 Å². The van der Waals surface area contributed by atoms with Crippen molar-refractivity contribution in [1.29, 1.82) is 0 Å². The lowest BCUT2D eigenvalue weighted by molar-refractivity contribution is 0.517. The van der Waals surface area contributed by atoms with E-state index in [1.165, 1.54) is 36.8 Å². The summed E-state index contributed by atoms with van der Waals surface area (Å²) in [5.74, 6) is -4.26. The van der Waals surface area contributed by atoms with Crippen molar-refractivity contribution in [3.05, 3.63) is 95.3 Å². The van der Waals surface area contributed by atoms with Crippen LogP contribution in [0.3, 0.4) is 0 Å². The molecule has 0 saturated carbocycles. The molecule has 0 amide bonds. The van der Waals surface area contributed by atoms with Crippen molar-refractivity contribution < 1.29 is 22.0 Å². The Morgan fingerprint density at radius 2 is 1.32 bits per heavy atom. The minimum atomic E-state index is -1.01. The summed E-state index contributed by atoms with van der Waals surface area (Å²) in [5.41, 5.74) is 0.948. The van der Waals surface area contributed by atoms with Crippen LogP contribution in [-0.4, -0.2) is 0 Å². The Morgan fingerprint density at radius 1 is 0.588 bits per heavy atom. The number of unbranched alkanes of at least 4 members (excludes halogenated alkanes) is 4. The molecule has 0 aromatic heterocycles. The summed E-state index contributed by atoms with van der Waals surface area (Å²) < 4.78 is 72.2. The molecule has 0 aliphatic heterocycles. The maximum Gasteiger partial charge on any atom is 0.166 e. The monoisotopic (exact) mass is 468 g/mol. The van der Waals surface area contributed by atoms with Crippen molar-refractivity contribution >= 4 is 10.8 Å². The number of rotatable bonds is 8. The fourth-order valence-electron chi connectivity index (χ4n) is 4.31. The average molecular weight is 469 g/mol. The van der Waals surface area contributed by atoms with Gasteiger partial charge in [0.15, 0.2) is 11.6 Å². The number of aryl methyl sites for hydroxylation is 1. The van der Waals surface area contributed by atoms with Crippen LogP contribution >= 0.6 is 0 Å². The molecule has 0 aliphatic carbocycles. The molecule has 0 fully saturated rings. The number of halogens is 5. The van der Waals surface area contributed by atoms with Crippen molar-refractivity contribution in [1.82, 2.24) is 0 Å². The number of hydrogen-bond acceptors (Lipinski definition) is 0. The topological polar surface area (TPSA) is 0 Å². The van der Waals surface area contributed by atoms with Crippen molar-refractivity contribution in [2.45, 2.75) is 45.4 Å². The Labute approximate surface area is 196 Å². The van der Waals surface area contributed by atoms with Crippen LogP contribution in [0.5, 0.6) is 0 Å². The highest BCUT2D eigenvalue weighted by atomic mass is 19.2. The summed E-state index contributed by atoms with van der Waals surface area (Å²) in [4.78, 5) is 0. The van der Waals surface area contributed by atoms with Gasteiger partial charge < -0.3 is 0 Å². The lowest BCUT2D eigenvalue weighted by Gasteiger charge is -2.11. The highest BCUT2D eigenvalue weighted by Crippen LogP contribution is 2.34. The van der Waals surface area contributed by atoms with E-state index in [0.717, 1.165) is 55.9 Å². The molecule has 0 bridgehead atoms. The van der Waals surface area contributed by atoms with Gasteiger partial charge in [-0.2, -0.15) is 0 Å². The van der Waals surface area contributed by atoms with Gasteiger partial charge in [0.1, 0.15) is 17.5 Å². The summed E-state index contributed by atoms with van der Waals surface area (Å²) in [5, 5.41) is 0.337. The van der Waals surface area contributed by atoms with Gasteiger partial charge in [-0.1, -0.05) is 62.9 Å². The average Bonchev–Trinajstić information content (AvgIpc) is 2.81. The van der Waals surface area contributed by atoms with Gasteiger partial charge in [-0.3, -0.25) is 0 Å². The van der Waals surface area contributed by atoms with Crippen LogP contribution in [0.1, 0.15) is 44.6 Å². The first-order valence-corrected chi connectivity index (χ1v) is 11.5. The van der Waals surface area contributed by atoms with E-state index in [1.807, 2.05) is 0 Å². The summed E-state index contributed by atoms with van der Waals surface area (Å²) in [6.07, 6.45) is 6.33. The van der Waals surface area contributed by atoms with Crippen LogP contribution in [0.15, 0.2) is 60.7 Å². The summed E-state index contributed by atoms with van der Waals surface area (Å²) in [6, 6.07) is 13.3. The molecule has 176 valence electrons. The van der Waals surface area contributed by atoms with Gasteiger partial charge in [0.05, 0.1) is 5.56 Å². The molecule has 0 saturated heterocycles. The Balaban J connectivity index is 1.61. The standard InChI is InChI=1S/C29H25F5/c1-2-3-4-5-6-7-18-8-11-22(25(31)14-18)21-16-26(32)28(27(33)17-21)20-9-12-23-19(15-20)10-13-24(30)29(23)34/h8-17H,2-7H2,1H3. The van der Waals surface area contributed by atoms with Crippen LogP contribution < -0.4 is 0 Å². The molecule has 0 spiro atoms. The van der Waals surface area contributed by atoms with Crippen LogP contribution in [0, 0.1) is 29.1 Å². The van der Waals surface area contributed by atoms with Crippen molar-refractivity contribution in [3.63, 3.8) is 0 Å². The molecule has 4 rings (SSSR count). The van der Waals surface area contributed by atoms with Gasteiger partial charge in [-0.25, -0.2) is 22.0 Å². The third-order valence-electron chi connectivity index (χ3n) is 6.15. The van der Waals surface area contributed by atoms with Gasteiger partial charge in [0, 0.05) is 10.9 Å². The number of hydrogen-bond donors (Lipinski definition) is 0. The lowest BCUT2D eigenvalue weighted by atomic mass is 9.95. The van der Waals surface area contributed by atoms with E-state index >= 15 is 8.78 Å². The maximum atomic E-state index is 15.0. The first-order chi connectivity index (χ1) is 16.4. The van der Waals surface area contributed by atoms with E-state index in [4.69, 9.17) is 0 Å². The second-order valence-electron chi connectivity index (χ2n) is 8.59. The minimum absolute atomic E-state index is 0.0220. The van der Waals surface area contributed by atoms with E-state index < -0.39 is 29.1 Å². The molecular formula is C29H25F5. The van der Waals surface area contributed by atoms with E-state index in [0.29, 0.717) is 5.39 Å². The Morgan fingerprint density at radius 3 is 2.03 bits per heavy atom. The van der Waals surface area contributed by atoms with Crippen LogP contribution in [0.25, 0.3) is 33.0 Å². The van der Waals surface area contributed by atoms with Crippen molar-refractivity contribution in [2.75, 3.05) is 0 Å². The molecule has 0 radical (unpaired) electrons. The Kier molecular flexibility index (Phi) is 7.30. The highest BCUT2D eigenvalue weighted by Gasteiger charge is 2.17. The molecular weight excluding hydrogens is 443 g/mol. The largest absolute Gasteiger partial charge is 0.206 e. The summed E-state index contributed by atoms with van der Waals surface area (Å²) in [7, 11) is 0. The maximum absolute atomic E-state index is 15.0. The second kappa shape index (κ2) is 10.4. The van der Waals surface area contributed by atoms with Crippen LogP contribution in [-0.2, 0) is 6.42 Å². The minimum Gasteiger partial charge on any atom is -0.206 e. The van der Waals surface area contributed by atoms with Gasteiger partial charge in [-0.15, -0.1) is 0 Å². The SMILES string of the molecule is CCCCCCCc1ccc(-c2cc(F)c(-c3ccc4c(F)c(F)ccc4c3)c(F)c2)c(F)c1. The Bertz CT molecular complexity index is 1300. The van der Waals surface area contributed by atoms with Gasteiger partial charge in [0.2, 0.25) is 0 Å². The molecule has 5 heteroatoms. The third-order valence-corrected chi connectivity index (χ3v) is 6.15. The fourth-order valence-corrected chi connectivity index (χ4v) is 4.31. The number of fused-ring (bicyclic) bond motifs is 1. The Hall–Kier alpha value is -3.21. The first kappa shape index (κ1) is 23.9. The molecule has 0 N–H and O–H groups in total. The molecule has 34 heavy (non-hydrogen) atoms. The van der Waals surface area contributed by atoms with Gasteiger partial charge in [-0.05, 0) is 65.3 Å². The zero-order valence-corrected chi connectivity index (χ0v) is 18.9. The third kappa shape index (κ3) is 4.98. The zero-order valence-electron chi connectivity index (χ0n) is 18.9. The fraction of sp³-hybridized carbons (Fsp3) is 0.241. The van der Waals surface area contributed by atoms with Crippen LogP contribution in [0.4, 0.5) is 22.0 Å². The quantitative estimate of drug-likeness (QED) is 0.178. The zero-order chi connectivity index (χ0) is 24.2. The van der Waals surface area contributed by atoms with Crippen molar-refractivity contribution in [2.24, 2.45) is 0 Å². The predicted octanol–water partition coefficient (Wildman–Crippen LogP) is 9.38. The molecule has 4 aromatic rings. The first-order valence-electron chi connectivity index (χ1n) is 11.5. The smallest absolute Gasteiger partial charge is 0.166 e. The normalized spacial score (nSPS) is 11.4. The van der Waals surface area contributed by atoms with Crippen LogP contribution in [0.2, 0.25) is 0 Å². The molecule has 0 unspecified atom stereocenters. The van der Waals surface area contributed by atoms with Crippen molar-refractivity contribution in [3.8, 4) is 22.3 Å². The summed E-state index contributed by atoms with van der Waals surface area (Å²) >= 11 is 0. The molecule has 0 nitrogen and oxygen atoms in total. The highest BCUT2D eigenvalue weighted by molar-refractivity contribution is 5.88. The van der Waals surface area contributed by atoms with Gasteiger partial charge >= 0.3 is 0 Å². The lowest BCUT2D eigenvalue weighted by Crippen LogP contribution is -1.95. The van der Waals surface area contributed by atoms with E-state index in [9.17, 15) is 13.2 Å². The van der Waals surface area contributed by atoms with E-state index in [2.05, 4.69) is 6.92 Å². The van der Waals surface area contributed by atoms with Gasteiger partial charge in [0.25, 0.3) is 0 Å². The number of benzene rings is 4. The molecule has 0 aliphatic rings. The second-order valence-corrected chi connectivity index (χ2v) is 8.59. The summed E-state index contributed by atoms with van der Waals surface area (Å²) in [6.45, 7) is 2.15. The molecule has 0 atom stereocenters. The molecule has 4 aromatic carbocycles. The van der Waals surface area contributed by atoms with E-state index in [1.54, 1.807) is 12.1 Å². The predicted molar refractivity (Wildman–Crippen MR) is 127 cm³/mol. The molecule has 0 heterocycles.